The lowest BCUT2D eigenvalue weighted by molar-refractivity contribution is 0.347. The van der Waals surface area contributed by atoms with Crippen molar-refractivity contribution in [3.8, 4) is 17.2 Å². The molecule has 0 amide bonds. The third-order valence-corrected chi connectivity index (χ3v) is 5.41. The van der Waals surface area contributed by atoms with E-state index in [-0.39, 0.29) is 0 Å². The van der Waals surface area contributed by atoms with Crippen LogP contribution in [0.1, 0.15) is 22.6 Å². The van der Waals surface area contributed by atoms with Gasteiger partial charge in [-0.2, -0.15) is 5.10 Å². The number of anilines is 2. The molecule has 152 valence electrons. The van der Waals surface area contributed by atoms with Crippen LogP contribution in [0.4, 0.5) is 11.5 Å². The van der Waals surface area contributed by atoms with E-state index in [0.29, 0.717) is 39.9 Å². The second-order valence-electron chi connectivity index (χ2n) is 6.88. The van der Waals surface area contributed by atoms with Gasteiger partial charge in [0.05, 0.1) is 44.7 Å². The van der Waals surface area contributed by atoms with Crippen LogP contribution in [0, 0.1) is 0 Å². The van der Waals surface area contributed by atoms with Crippen molar-refractivity contribution in [2.45, 2.75) is 5.92 Å². The number of aromatic amines is 1. The number of hydrogen-bond acceptors (Lipinski definition) is 7. The Morgan fingerprint density at radius 1 is 0.967 bits per heavy atom. The fourth-order valence-electron chi connectivity index (χ4n) is 4.06. The van der Waals surface area contributed by atoms with Crippen LogP contribution in [-0.4, -0.2) is 31.5 Å². The molecule has 0 saturated heterocycles. The fourth-order valence-corrected chi connectivity index (χ4v) is 4.06. The normalized spacial score (nSPS) is 14.6. The van der Waals surface area contributed by atoms with Crippen molar-refractivity contribution in [2.24, 2.45) is 0 Å². The molecule has 2 N–H and O–H groups in total. The summed E-state index contributed by atoms with van der Waals surface area (Å²) in [5, 5.41) is 11.3. The first-order chi connectivity index (χ1) is 14.7. The van der Waals surface area contributed by atoms with Crippen LogP contribution in [0.3, 0.4) is 0 Å². The number of aromatic nitrogens is 2. The highest BCUT2D eigenvalue weighted by Crippen LogP contribution is 2.49. The molecule has 1 aliphatic rings. The van der Waals surface area contributed by atoms with Crippen LogP contribution in [0.25, 0.3) is 11.0 Å². The molecule has 3 heterocycles. The smallest absolute Gasteiger partial charge is 0.342 e. The van der Waals surface area contributed by atoms with Crippen LogP contribution in [0.5, 0.6) is 17.2 Å². The number of nitrogens with zero attached hydrogens (tertiary/aromatic N) is 1. The first kappa shape index (κ1) is 18.1. The van der Waals surface area contributed by atoms with Gasteiger partial charge in [-0.15, -0.1) is 0 Å². The highest BCUT2D eigenvalue weighted by molar-refractivity contribution is 5.95. The zero-order chi connectivity index (χ0) is 20.8. The van der Waals surface area contributed by atoms with Gasteiger partial charge in [-0.25, -0.2) is 4.79 Å². The summed E-state index contributed by atoms with van der Waals surface area (Å²) in [5.41, 5.74) is 2.78. The maximum Gasteiger partial charge on any atom is 0.342 e. The van der Waals surface area contributed by atoms with Crippen molar-refractivity contribution >= 4 is 22.5 Å². The van der Waals surface area contributed by atoms with Crippen LogP contribution >= 0.6 is 0 Å². The number of para-hydroxylation sites is 1. The number of rotatable bonds is 4. The molecule has 0 radical (unpaired) electrons. The summed E-state index contributed by atoms with van der Waals surface area (Å²) in [5.74, 6) is 1.85. The number of H-pyrrole nitrogens is 1. The first-order valence-electron chi connectivity index (χ1n) is 9.32. The first-order valence-corrected chi connectivity index (χ1v) is 9.32. The molecule has 4 aromatic rings. The summed E-state index contributed by atoms with van der Waals surface area (Å²) in [6.07, 6.45) is 1.70. The quantitative estimate of drug-likeness (QED) is 0.439. The molecular weight excluding hydrogens is 386 g/mol. The fraction of sp³-hybridized carbons (Fsp3) is 0.182. The largest absolute Gasteiger partial charge is 0.496 e. The third kappa shape index (κ3) is 2.53. The van der Waals surface area contributed by atoms with Crippen LogP contribution in [-0.2, 0) is 0 Å². The van der Waals surface area contributed by atoms with Gasteiger partial charge in [0.2, 0.25) is 0 Å². The van der Waals surface area contributed by atoms with Gasteiger partial charge in [0.25, 0.3) is 0 Å². The number of fused-ring (bicyclic) bond motifs is 4. The van der Waals surface area contributed by atoms with Gasteiger partial charge in [-0.3, -0.25) is 5.10 Å². The van der Waals surface area contributed by atoms with Crippen molar-refractivity contribution in [3.63, 3.8) is 0 Å². The van der Waals surface area contributed by atoms with E-state index in [0.717, 1.165) is 16.5 Å². The maximum absolute atomic E-state index is 13.1. The van der Waals surface area contributed by atoms with E-state index < -0.39 is 11.5 Å². The van der Waals surface area contributed by atoms with Crippen LogP contribution in [0.15, 0.2) is 51.8 Å². The van der Waals surface area contributed by atoms with E-state index in [1.807, 2.05) is 24.3 Å². The molecule has 0 spiro atoms. The minimum absolute atomic E-state index is 0.426. The van der Waals surface area contributed by atoms with Crippen LogP contribution < -0.4 is 25.2 Å². The topological polar surface area (TPSA) is 98.6 Å². The summed E-state index contributed by atoms with van der Waals surface area (Å²) < 4.78 is 22.2. The predicted molar refractivity (Wildman–Crippen MR) is 111 cm³/mol. The molecule has 8 heteroatoms. The second-order valence-corrected chi connectivity index (χ2v) is 6.88. The van der Waals surface area contributed by atoms with E-state index in [4.69, 9.17) is 18.6 Å². The summed E-state index contributed by atoms with van der Waals surface area (Å²) in [4.78, 5) is 13.1. The lowest BCUT2D eigenvalue weighted by atomic mass is 9.82. The lowest BCUT2D eigenvalue weighted by Crippen LogP contribution is -2.22. The molecule has 5 rings (SSSR count). The van der Waals surface area contributed by atoms with Gasteiger partial charge >= 0.3 is 5.63 Å². The maximum atomic E-state index is 13.1. The average Bonchev–Trinajstić information content (AvgIpc) is 3.25. The van der Waals surface area contributed by atoms with E-state index in [9.17, 15) is 4.79 Å². The van der Waals surface area contributed by atoms with Gasteiger partial charge < -0.3 is 23.9 Å². The lowest BCUT2D eigenvalue weighted by Gasteiger charge is -2.28. The zero-order valence-corrected chi connectivity index (χ0v) is 16.6. The van der Waals surface area contributed by atoms with Gasteiger partial charge in [-0.1, -0.05) is 12.1 Å². The summed E-state index contributed by atoms with van der Waals surface area (Å²) >= 11 is 0. The highest BCUT2D eigenvalue weighted by atomic mass is 16.5. The van der Waals surface area contributed by atoms with Gasteiger partial charge in [0.15, 0.2) is 11.5 Å². The Kier molecular flexibility index (Phi) is 4.13. The number of nitrogens with one attached hydrogen (secondary N) is 2. The molecule has 0 unspecified atom stereocenters. The Bertz CT molecular complexity index is 1320. The Balaban J connectivity index is 1.86. The van der Waals surface area contributed by atoms with Gasteiger partial charge in [0.1, 0.15) is 17.2 Å². The summed E-state index contributed by atoms with van der Waals surface area (Å²) in [7, 11) is 4.70. The Labute approximate surface area is 171 Å². The summed E-state index contributed by atoms with van der Waals surface area (Å²) in [6, 6.07) is 11.0. The van der Waals surface area contributed by atoms with Gasteiger partial charge in [0, 0.05) is 22.6 Å². The van der Waals surface area contributed by atoms with Crippen molar-refractivity contribution in [1.29, 1.82) is 0 Å². The minimum atomic E-state index is -0.481. The molecule has 1 atom stereocenters. The molecule has 0 fully saturated rings. The Morgan fingerprint density at radius 3 is 2.47 bits per heavy atom. The van der Waals surface area contributed by atoms with Crippen molar-refractivity contribution in [3.05, 3.63) is 69.7 Å². The van der Waals surface area contributed by atoms with Crippen molar-refractivity contribution in [2.75, 3.05) is 26.6 Å². The van der Waals surface area contributed by atoms with E-state index in [1.165, 1.54) is 0 Å². The number of hydrogen-bond donors (Lipinski definition) is 2. The molecule has 0 bridgehead atoms. The van der Waals surface area contributed by atoms with Crippen molar-refractivity contribution in [1.82, 2.24) is 10.2 Å². The molecule has 1 aliphatic heterocycles. The standard InChI is InChI=1S/C22H19N3O5/c1-27-15-9-17(29-3)16(28-2)8-12(15)18-13-10-23-25-21(13)24-20-11-6-4-5-7-14(11)30-22(26)19(18)20/h4-10,18H,1-3H3,(H2,23,24,25)/t18-/m1/s1. The average molecular weight is 405 g/mol. The molecule has 2 aromatic carbocycles. The van der Waals surface area contributed by atoms with E-state index >= 15 is 0 Å². The van der Waals surface area contributed by atoms with Crippen molar-refractivity contribution < 1.29 is 18.6 Å². The van der Waals surface area contributed by atoms with E-state index in [1.54, 1.807) is 39.7 Å². The minimum Gasteiger partial charge on any atom is -0.496 e. The zero-order valence-electron chi connectivity index (χ0n) is 16.6. The molecule has 8 nitrogen and oxygen atoms in total. The Morgan fingerprint density at radius 2 is 1.70 bits per heavy atom. The summed E-state index contributed by atoms with van der Waals surface area (Å²) in [6.45, 7) is 0. The molecule has 30 heavy (non-hydrogen) atoms. The predicted octanol–water partition coefficient (Wildman–Crippen LogP) is 3.78. The second kappa shape index (κ2) is 6.84. The number of methoxy groups -OCH3 is 3. The SMILES string of the molecule is COc1cc(OC)c([C@@H]2c3cn[nH]c3Nc3c2c(=O)oc2ccccc32)cc1OC. The van der Waals surface area contributed by atoms with Crippen LogP contribution in [0.2, 0.25) is 0 Å². The van der Waals surface area contributed by atoms with Gasteiger partial charge in [-0.05, 0) is 18.2 Å². The highest BCUT2D eigenvalue weighted by Gasteiger charge is 2.35. The van der Waals surface area contributed by atoms with E-state index in [2.05, 4.69) is 15.5 Å². The third-order valence-electron chi connectivity index (χ3n) is 5.41. The molecular formula is C22H19N3O5. The monoisotopic (exact) mass is 405 g/mol. The Hall–Kier alpha value is -3.94. The molecule has 0 saturated carbocycles. The number of ether oxygens (including phenoxy) is 3. The number of benzene rings is 2. The molecule has 0 aliphatic carbocycles. The molecule has 2 aromatic heterocycles.